The van der Waals surface area contributed by atoms with Crippen LogP contribution in [-0.2, 0) is 0 Å². The third-order valence-corrected chi connectivity index (χ3v) is 8.57. The highest BCUT2D eigenvalue weighted by Crippen LogP contribution is 2.34. The number of allylic oxidation sites excluding steroid dienone is 7. The van der Waals surface area contributed by atoms with Gasteiger partial charge in [-0.25, -0.2) is 0 Å². The van der Waals surface area contributed by atoms with Crippen LogP contribution in [0, 0.1) is 0 Å². The zero-order chi connectivity index (χ0) is 28.5. The fourth-order valence-corrected chi connectivity index (χ4v) is 6.10. The van der Waals surface area contributed by atoms with Gasteiger partial charge < -0.3 is 4.90 Å². The van der Waals surface area contributed by atoms with E-state index in [1.165, 1.54) is 120 Å². The Morgan fingerprint density at radius 2 is 1.02 bits per heavy atom. The average Bonchev–Trinajstić information content (AvgIpc) is 3.01. The largest absolute Gasteiger partial charge is 0.347 e. The summed E-state index contributed by atoms with van der Waals surface area (Å²) in [4.78, 5) is 14.7. The van der Waals surface area contributed by atoms with Crippen molar-refractivity contribution in [1.82, 2.24) is 0 Å². The molecule has 0 saturated heterocycles. The van der Waals surface area contributed by atoms with E-state index >= 15 is 0 Å². The first-order valence-electron chi connectivity index (χ1n) is 16.6. The van der Waals surface area contributed by atoms with E-state index in [1.807, 2.05) is 30.3 Å². The van der Waals surface area contributed by atoms with Crippen molar-refractivity contribution in [3.05, 3.63) is 102 Å². The number of para-hydroxylation sites is 1. The molecule has 0 bridgehead atoms. The first kappa shape index (κ1) is 30.8. The number of unbranched alkanes of at least 4 members (excludes halogenated alkanes) is 15. The number of carbonyl (C=O) groups excluding carboxylic acids is 1. The summed E-state index contributed by atoms with van der Waals surface area (Å²) in [5.74, 6) is 0.0815. The standard InChI is InChI=1S/C39H51NO/c1-2-3-4-5-6-7-8-9-10-11-12-13-14-15-16-21-31-40-32-30-34(36-23-19-20-25-38(36)40)27-26-33-28-29-39(41)37-24-18-17-22-35(33)37/h17-20,22-30,32H,2-16,21,31H2,1H3. The maximum atomic E-state index is 12.2. The molecule has 2 aromatic carbocycles. The zero-order valence-corrected chi connectivity index (χ0v) is 25.5. The number of benzene rings is 2. The number of fused-ring (bicyclic) bond motifs is 2. The lowest BCUT2D eigenvalue weighted by Crippen LogP contribution is -2.21. The minimum Gasteiger partial charge on any atom is -0.347 e. The van der Waals surface area contributed by atoms with Gasteiger partial charge in [-0.1, -0.05) is 164 Å². The molecule has 0 atom stereocenters. The van der Waals surface area contributed by atoms with Crippen LogP contribution >= 0.6 is 0 Å². The lowest BCUT2D eigenvalue weighted by Gasteiger charge is -2.27. The van der Waals surface area contributed by atoms with Crippen LogP contribution in [0.15, 0.2) is 85.1 Å². The molecule has 0 radical (unpaired) electrons. The van der Waals surface area contributed by atoms with Crippen LogP contribution in [0.2, 0.25) is 0 Å². The lowest BCUT2D eigenvalue weighted by atomic mass is 9.91. The molecule has 1 aliphatic heterocycles. The minimum atomic E-state index is 0.0815. The van der Waals surface area contributed by atoms with Gasteiger partial charge in [0.2, 0.25) is 0 Å². The van der Waals surface area contributed by atoms with Crippen molar-refractivity contribution in [3.63, 3.8) is 0 Å². The van der Waals surface area contributed by atoms with E-state index < -0.39 is 0 Å². The Balaban J connectivity index is 1.14. The van der Waals surface area contributed by atoms with E-state index in [-0.39, 0.29) is 5.78 Å². The highest BCUT2D eigenvalue weighted by Gasteiger charge is 2.17. The minimum absolute atomic E-state index is 0.0815. The van der Waals surface area contributed by atoms with Crippen LogP contribution in [0.5, 0.6) is 0 Å². The molecule has 0 fully saturated rings. The van der Waals surface area contributed by atoms with Crippen molar-refractivity contribution < 1.29 is 4.79 Å². The Morgan fingerprint density at radius 1 is 0.537 bits per heavy atom. The SMILES string of the molecule is CCCCCCCCCCCCCCCCCCN1C=CC(=CC=C2C=CC(=O)c3ccccc32)c2ccccc21. The molecule has 2 nitrogen and oxygen atoms in total. The molecule has 0 saturated carbocycles. The molecule has 41 heavy (non-hydrogen) atoms. The normalized spacial score (nSPS) is 16.0. The second-order valence-corrected chi connectivity index (χ2v) is 11.8. The van der Waals surface area contributed by atoms with Crippen LogP contribution in [-0.4, -0.2) is 12.3 Å². The summed E-state index contributed by atoms with van der Waals surface area (Å²) < 4.78 is 0. The number of anilines is 1. The Labute approximate surface area is 249 Å². The molecule has 4 rings (SSSR count). The molecule has 218 valence electrons. The maximum Gasteiger partial charge on any atom is 0.186 e. The number of rotatable bonds is 18. The maximum absolute atomic E-state index is 12.2. The van der Waals surface area contributed by atoms with E-state index in [4.69, 9.17) is 0 Å². The molecule has 2 heteroatoms. The van der Waals surface area contributed by atoms with E-state index in [9.17, 15) is 4.79 Å². The van der Waals surface area contributed by atoms with Crippen LogP contribution in [0.4, 0.5) is 5.69 Å². The van der Waals surface area contributed by atoms with Gasteiger partial charge in [0, 0.05) is 29.6 Å². The lowest BCUT2D eigenvalue weighted by molar-refractivity contribution is 0.104. The number of nitrogens with zero attached hydrogens (tertiary/aromatic N) is 1. The monoisotopic (exact) mass is 549 g/mol. The van der Waals surface area contributed by atoms with E-state index in [0.717, 1.165) is 23.2 Å². The number of carbonyl (C=O) groups is 1. The van der Waals surface area contributed by atoms with Crippen LogP contribution in [0.3, 0.4) is 0 Å². The van der Waals surface area contributed by atoms with Gasteiger partial charge in [-0.2, -0.15) is 0 Å². The summed E-state index contributed by atoms with van der Waals surface area (Å²) in [5, 5.41) is 0. The second-order valence-electron chi connectivity index (χ2n) is 11.8. The Hall–Kier alpha value is -3.13. The Morgan fingerprint density at radius 3 is 1.63 bits per heavy atom. The van der Waals surface area contributed by atoms with Crippen LogP contribution in [0.25, 0.3) is 11.1 Å². The molecule has 0 unspecified atom stereocenters. The third kappa shape index (κ3) is 9.73. The van der Waals surface area contributed by atoms with Crippen molar-refractivity contribution in [1.29, 1.82) is 0 Å². The van der Waals surface area contributed by atoms with Crippen molar-refractivity contribution in [3.8, 4) is 0 Å². The highest BCUT2D eigenvalue weighted by atomic mass is 16.1. The summed E-state index contributed by atoms with van der Waals surface area (Å²) in [6.07, 6.45) is 34.8. The molecular weight excluding hydrogens is 498 g/mol. The topological polar surface area (TPSA) is 20.3 Å². The van der Waals surface area contributed by atoms with Crippen LogP contribution in [0.1, 0.15) is 131 Å². The summed E-state index contributed by atoms with van der Waals surface area (Å²) in [6, 6.07) is 16.6. The summed E-state index contributed by atoms with van der Waals surface area (Å²) in [5.41, 5.74) is 6.63. The summed E-state index contributed by atoms with van der Waals surface area (Å²) in [6.45, 7) is 3.36. The summed E-state index contributed by atoms with van der Waals surface area (Å²) >= 11 is 0. The molecule has 1 aliphatic carbocycles. The van der Waals surface area contributed by atoms with Gasteiger partial charge in [-0.05, 0) is 41.3 Å². The van der Waals surface area contributed by atoms with Gasteiger partial charge in [0.25, 0.3) is 0 Å². The van der Waals surface area contributed by atoms with Gasteiger partial charge in [-0.15, -0.1) is 0 Å². The molecule has 0 amide bonds. The Kier molecular flexibility index (Phi) is 13.3. The smallest absolute Gasteiger partial charge is 0.186 e. The van der Waals surface area contributed by atoms with Crippen molar-refractivity contribution in [2.45, 2.75) is 110 Å². The molecule has 2 aromatic rings. The number of hydrogen-bond acceptors (Lipinski definition) is 2. The predicted molar refractivity (Wildman–Crippen MR) is 178 cm³/mol. The van der Waals surface area contributed by atoms with Crippen molar-refractivity contribution in [2.75, 3.05) is 11.4 Å². The van der Waals surface area contributed by atoms with E-state index in [0.29, 0.717) is 0 Å². The predicted octanol–water partition coefficient (Wildman–Crippen LogP) is 11.5. The van der Waals surface area contributed by atoms with E-state index in [2.05, 4.69) is 60.5 Å². The molecule has 0 N–H and O–H groups in total. The summed E-state index contributed by atoms with van der Waals surface area (Å²) in [7, 11) is 0. The van der Waals surface area contributed by atoms with Crippen molar-refractivity contribution >= 4 is 22.6 Å². The molecule has 0 aromatic heterocycles. The number of ketones is 1. The second kappa shape index (κ2) is 17.6. The fraction of sp³-hybridized carbons (Fsp3) is 0.462. The molecule has 2 aliphatic rings. The van der Waals surface area contributed by atoms with Gasteiger partial charge >= 0.3 is 0 Å². The number of hydrogen-bond donors (Lipinski definition) is 0. The quantitative estimate of drug-likeness (QED) is 0.172. The first-order chi connectivity index (χ1) is 20.3. The first-order valence-corrected chi connectivity index (χ1v) is 16.6. The van der Waals surface area contributed by atoms with E-state index in [1.54, 1.807) is 6.08 Å². The highest BCUT2D eigenvalue weighted by molar-refractivity contribution is 6.12. The zero-order valence-electron chi connectivity index (χ0n) is 25.5. The third-order valence-electron chi connectivity index (χ3n) is 8.57. The van der Waals surface area contributed by atoms with Gasteiger partial charge in [0.1, 0.15) is 0 Å². The average molecular weight is 550 g/mol. The Bertz CT molecular complexity index is 1210. The van der Waals surface area contributed by atoms with Gasteiger partial charge in [0.15, 0.2) is 5.78 Å². The fourth-order valence-electron chi connectivity index (χ4n) is 6.10. The molecular formula is C39H51NO. The molecule has 1 heterocycles. The van der Waals surface area contributed by atoms with Crippen molar-refractivity contribution in [2.24, 2.45) is 0 Å². The van der Waals surface area contributed by atoms with Gasteiger partial charge in [0.05, 0.1) is 0 Å². The molecule has 0 spiro atoms. The van der Waals surface area contributed by atoms with Crippen LogP contribution < -0.4 is 4.90 Å². The van der Waals surface area contributed by atoms with Gasteiger partial charge in [-0.3, -0.25) is 4.79 Å².